The van der Waals surface area contributed by atoms with Crippen molar-refractivity contribution >= 4 is 28.9 Å². The van der Waals surface area contributed by atoms with Gasteiger partial charge in [0.15, 0.2) is 5.96 Å². The van der Waals surface area contributed by atoms with E-state index in [-0.39, 0.29) is 5.41 Å². The summed E-state index contributed by atoms with van der Waals surface area (Å²) >= 11 is 8.24. The lowest BCUT2D eigenvalue weighted by Gasteiger charge is -2.38. The molecule has 140 valence electrons. The van der Waals surface area contributed by atoms with Crippen molar-refractivity contribution in [2.75, 3.05) is 26.3 Å². The SMILES string of the molecule is CCNC(=NCc1ccsc1)NCC1(c2ccccc2Cl)CCOCC1. The highest BCUT2D eigenvalue weighted by Gasteiger charge is 2.36. The van der Waals surface area contributed by atoms with Crippen molar-refractivity contribution in [1.29, 1.82) is 0 Å². The van der Waals surface area contributed by atoms with E-state index in [9.17, 15) is 0 Å². The molecule has 2 N–H and O–H groups in total. The average molecular weight is 392 g/mol. The Labute approximate surface area is 164 Å². The zero-order valence-corrected chi connectivity index (χ0v) is 16.7. The molecule has 0 bridgehead atoms. The molecular weight excluding hydrogens is 366 g/mol. The minimum atomic E-state index is -0.0326. The first-order valence-electron chi connectivity index (χ1n) is 9.09. The first-order chi connectivity index (χ1) is 12.7. The van der Waals surface area contributed by atoms with E-state index in [0.717, 1.165) is 50.1 Å². The van der Waals surface area contributed by atoms with Gasteiger partial charge in [-0.25, -0.2) is 4.99 Å². The largest absolute Gasteiger partial charge is 0.381 e. The van der Waals surface area contributed by atoms with Crippen molar-refractivity contribution in [3.8, 4) is 0 Å². The van der Waals surface area contributed by atoms with Crippen molar-refractivity contribution in [2.45, 2.75) is 31.7 Å². The Kier molecular flexibility index (Phi) is 6.94. The lowest BCUT2D eigenvalue weighted by atomic mass is 9.74. The number of nitrogens with one attached hydrogen (secondary N) is 2. The normalized spacial score (nSPS) is 17.1. The Morgan fingerprint density at radius 3 is 2.73 bits per heavy atom. The number of nitrogens with zero attached hydrogens (tertiary/aromatic N) is 1. The standard InChI is InChI=1S/C20H26ClN3OS/c1-2-22-19(23-13-16-7-12-26-14-16)24-15-20(8-10-25-11-9-20)17-5-3-4-6-18(17)21/h3-7,12,14H,2,8-11,13,15H2,1H3,(H2,22,23,24). The van der Waals surface area contributed by atoms with Crippen LogP contribution in [0.25, 0.3) is 0 Å². The molecule has 4 nitrogen and oxygen atoms in total. The van der Waals surface area contributed by atoms with Crippen molar-refractivity contribution in [1.82, 2.24) is 10.6 Å². The number of benzene rings is 1. The lowest BCUT2D eigenvalue weighted by Crippen LogP contribution is -2.48. The van der Waals surface area contributed by atoms with Gasteiger partial charge in [-0.1, -0.05) is 29.8 Å². The maximum absolute atomic E-state index is 6.54. The fourth-order valence-electron chi connectivity index (χ4n) is 3.34. The maximum Gasteiger partial charge on any atom is 0.191 e. The van der Waals surface area contributed by atoms with Gasteiger partial charge in [0.05, 0.1) is 6.54 Å². The summed E-state index contributed by atoms with van der Waals surface area (Å²) in [5.41, 5.74) is 2.40. The molecule has 0 spiro atoms. The molecule has 1 aliphatic heterocycles. The van der Waals surface area contributed by atoms with E-state index in [1.54, 1.807) is 11.3 Å². The Balaban J connectivity index is 1.75. The Morgan fingerprint density at radius 1 is 1.23 bits per heavy atom. The summed E-state index contributed by atoms with van der Waals surface area (Å²) in [5, 5.41) is 11.9. The third-order valence-corrected chi connectivity index (χ3v) is 5.90. The second-order valence-corrected chi connectivity index (χ2v) is 7.74. The fourth-order valence-corrected chi connectivity index (χ4v) is 4.34. The van der Waals surface area contributed by atoms with Crippen LogP contribution in [0.2, 0.25) is 5.02 Å². The highest BCUT2D eigenvalue weighted by atomic mass is 35.5. The van der Waals surface area contributed by atoms with Gasteiger partial charge >= 0.3 is 0 Å². The van der Waals surface area contributed by atoms with Gasteiger partial charge in [-0.05, 0) is 53.8 Å². The number of rotatable bonds is 6. The number of halogens is 1. The smallest absolute Gasteiger partial charge is 0.191 e. The van der Waals surface area contributed by atoms with Crippen LogP contribution in [-0.2, 0) is 16.7 Å². The summed E-state index contributed by atoms with van der Waals surface area (Å²) in [6.45, 7) is 5.90. The molecule has 26 heavy (non-hydrogen) atoms. The molecule has 2 heterocycles. The Morgan fingerprint density at radius 2 is 2.04 bits per heavy atom. The topological polar surface area (TPSA) is 45.7 Å². The summed E-state index contributed by atoms with van der Waals surface area (Å²) in [6, 6.07) is 10.3. The van der Waals surface area contributed by atoms with Crippen LogP contribution in [0.5, 0.6) is 0 Å². The second kappa shape index (κ2) is 9.40. The zero-order valence-electron chi connectivity index (χ0n) is 15.1. The van der Waals surface area contributed by atoms with Crippen molar-refractivity contribution in [2.24, 2.45) is 4.99 Å². The Bertz CT molecular complexity index is 712. The molecule has 0 unspecified atom stereocenters. The molecule has 1 aliphatic rings. The summed E-state index contributed by atoms with van der Waals surface area (Å²) in [6.07, 6.45) is 1.90. The molecule has 2 aromatic rings. The van der Waals surface area contributed by atoms with E-state index in [1.807, 2.05) is 12.1 Å². The van der Waals surface area contributed by atoms with Crippen LogP contribution in [-0.4, -0.2) is 32.3 Å². The van der Waals surface area contributed by atoms with E-state index < -0.39 is 0 Å². The molecular formula is C20H26ClN3OS. The van der Waals surface area contributed by atoms with Crippen LogP contribution in [0.4, 0.5) is 0 Å². The van der Waals surface area contributed by atoms with Crippen molar-refractivity contribution < 1.29 is 4.74 Å². The molecule has 0 saturated carbocycles. The summed E-state index contributed by atoms with van der Waals surface area (Å²) in [7, 11) is 0. The monoisotopic (exact) mass is 391 g/mol. The van der Waals surface area contributed by atoms with Gasteiger partial charge < -0.3 is 15.4 Å². The third-order valence-electron chi connectivity index (χ3n) is 4.83. The minimum Gasteiger partial charge on any atom is -0.381 e. The van der Waals surface area contributed by atoms with Crippen LogP contribution >= 0.6 is 22.9 Å². The van der Waals surface area contributed by atoms with Gasteiger partial charge in [0.1, 0.15) is 0 Å². The number of thiophene rings is 1. The number of hydrogen-bond donors (Lipinski definition) is 2. The van der Waals surface area contributed by atoms with E-state index in [1.165, 1.54) is 11.1 Å². The summed E-state index contributed by atoms with van der Waals surface area (Å²) in [4.78, 5) is 4.72. The van der Waals surface area contributed by atoms with Gasteiger partial charge in [0, 0.05) is 36.7 Å². The van der Waals surface area contributed by atoms with Gasteiger partial charge in [-0.3, -0.25) is 0 Å². The molecule has 0 atom stereocenters. The van der Waals surface area contributed by atoms with Crippen molar-refractivity contribution in [3.05, 3.63) is 57.2 Å². The molecule has 1 saturated heterocycles. The third kappa shape index (κ3) is 4.78. The molecule has 0 amide bonds. The van der Waals surface area contributed by atoms with E-state index in [4.69, 9.17) is 21.3 Å². The summed E-state index contributed by atoms with van der Waals surface area (Å²) < 4.78 is 5.62. The first-order valence-corrected chi connectivity index (χ1v) is 10.4. The molecule has 3 rings (SSSR count). The quantitative estimate of drug-likeness (QED) is 0.572. The van der Waals surface area contributed by atoms with Gasteiger partial charge in [0.2, 0.25) is 0 Å². The summed E-state index contributed by atoms with van der Waals surface area (Å²) in [5.74, 6) is 0.844. The molecule has 0 radical (unpaired) electrons. The molecule has 0 aliphatic carbocycles. The van der Waals surface area contributed by atoms with Crippen LogP contribution in [0.15, 0.2) is 46.1 Å². The number of aliphatic imine (C=N–C) groups is 1. The second-order valence-electron chi connectivity index (χ2n) is 6.55. The van der Waals surface area contributed by atoms with Crippen LogP contribution in [0, 0.1) is 0 Å². The van der Waals surface area contributed by atoms with E-state index >= 15 is 0 Å². The van der Waals surface area contributed by atoms with Crippen molar-refractivity contribution in [3.63, 3.8) is 0 Å². The average Bonchev–Trinajstić information content (AvgIpc) is 3.19. The lowest BCUT2D eigenvalue weighted by molar-refractivity contribution is 0.0514. The number of ether oxygens (including phenoxy) is 1. The zero-order chi connectivity index (χ0) is 18.2. The predicted molar refractivity (Wildman–Crippen MR) is 110 cm³/mol. The van der Waals surface area contributed by atoms with Gasteiger partial charge in [-0.2, -0.15) is 11.3 Å². The van der Waals surface area contributed by atoms with Gasteiger partial charge in [-0.15, -0.1) is 0 Å². The van der Waals surface area contributed by atoms with Crippen LogP contribution < -0.4 is 10.6 Å². The highest BCUT2D eigenvalue weighted by molar-refractivity contribution is 7.07. The van der Waals surface area contributed by atoms with E-state index in [0.29, 0.717) is 6.54 Å². The Hall–Kier alpha value is -1.56. The number of hydrogen-bond acceptors (Lipinski definition) is 3. The van der Waals surface area contributed by atoms with Crippen LogP contribution in [0.1, 0.15) is 30.9 Å². The maximum atomic E-state index is 6.54. The van der Waals surface area contributed by atoms with Crippen LogP contribution in [0.3, 0.4) is 0 Å². The minimum absolute atomic E-state index is 0.0326. The molecule has 6 heteroatoms. The fraction of sp³-hybridized carbons (Fsp3) is 0.450. The highest BCUT2D eigenvalue weighted by Crippen LogP contribution is 2.38. The molecule has 1 fully saturated rings. The predicted octanol–water partition coefficient (Wildman–Crippen LogP) is 4.21. The number of guanidine groups is 1. The first kappa shape index (κ1) is 19.2. The molecule has 1 aromatic carbocycles. The van der Waals surface area contributed by atoms with Gasteiger partial charge in [0.25, 0.3) is 0 Å². The molecule has 1 aromatic heterocycles. The van der Waals surface area contributed by atoms with E-state index in [2.05, 4.69) is 46.5 Å².